The molecular weight excluding hydrogens is 286 g/mol. The molecule has 0 spiro atoms. The summed E-state index contributed by atoms with van der Waals surface area (Å²) in [5, 5.41) is 5.84. The first-order chi connectivity index (χ1) is 10.6. The van der Waals surface area contributed by atoms with Gasteiger partial charge in [0.2, 0.25) is 5.91 Å². The quantitative estimate of drug-likeness (QED) is 0.821. The lowest BCUT2D eigenvalue weighted by Gasteiger charge is -2.10. The van der Waals surface area contributed by atoms with Gasteiger partial charge in [-0.2, -0.15) is 0 Å². The Morgan fingerprint density at radius 1 is 1.32 bits per heavy atom. The number of hydrogen-bond donors (Lipinski definition) is 2. The molecule has 1 amide bonds. The van der Waals surface area contributed by atoms with Crippen LogP contribution in [0.4, 0.5) is 0 Å². The molecule has 1 aliphatic heterocycles. The zero-order valence-electron chi connectivity index (χ0n) is 12.0. The van der Waals surface area contributed by atoms with Crippen molar-refractivity contribution < 1.29 is 9.53 Å². The van der Waals surface area contributed by atoms with Gasteiger partial charge in [-0.15, -0.1) is 0 Å². The second kappa shape index (κ2) is 6.15. The first-order valence-electron chi connectivity index (χ1n) is 7.21. The Balaban J connectivity index is 1.76. The second-order valence-electron chi connectivity index (χ2n) is 5.41. The van der Waals surface area contributed by atoms with E-state index in [0.29, 0.717) is 29.8 Å². The zero-order valence-corrected chi connectivity index (χ0v) is 12.0. The molecular formula is C15H17N3O4. The minimum absolute atomic E-state index is 0.202. The van der Waals surface area contributed by atoms with Crippen LogP contribution in [-0.2, 0) is 16.1 Å². The molecule has 1 saturated heterocycles. The molecule has 1 aliphatic rings. The van der Waals surface area contributed by atoms with Crippen LogP contribution in [0.15, 0.2) is 33.9 Å². The molecule has 0 radical (unpaired) electrons. The molecule has 0 bridgehead atoms. The molecule has 1 aromatic heterocycles. The maximum absolute atomic E-state index is 12.3. The number of H-pyrrole nitrogens is 1. The maximum Gasteiger partial charge on any atom is 0.273 e. The molecule has 1 atom stereocenters. The van der Waals surface area contributed by atoms with E-state index in [2.05, 4.69) is 10.4 Å². The van der Waals surface area contributed by atoms with Crippen LogP contribution in [0.3, 0.4) is 0 Å². The molecule has 116 valence electrons. The van der Waals surface area contributed by atoms with Crippen LogP contribution in [0.5, 0.6) is 0 Å². The Labute approximate surface area is 125 Å². The first kappa shape index (κ1) is 14.5. The number of aromatic nitrogens is 2. The summed E-state index contributed by atoms with van der Waals surface area (Å²) in [5.74, 6) is 0.0104. The highest BCUT2D eigenvalue weighted by Crippen LogP contribution is 2.10. The van der Waals surface area contributed by atoms with E-state index >= 15 is 0 Å². The standard InChI is InChI=1S/C15H17N3O4/c19-13(16-7-10-5-6-22-9-10)8-18-15(21)12-4-2-1-3-11(12)14(20)17-18/h1-4,10H,5-9H2,(H,16,19)(H,17,20)/t10-/m0/s1. The van der Waals surface area contributed by atoms with Gasteiger partial charge >= 0.3 is 0 Å². The number of benzene rings is 1. The van der Waals surface area contributed by atoms with E-state index in [1.54, 1.807) is 24.3 Å². The molecule has 2 N–H and O–H groups in total. The molecule has 2 aromatic rings. The van der Waals surface area contributed by atoms with Crippen LogP contribution < -0.4 is 16.4 Å². The van der Waals surface area contributed by atoms with Gasteiger partial charge in [0.15, 0.2) is 0 Å². The van der Waals surface area contributed by atoms with Gasteiger partial charge in [0.25, 0.3) is 11.1 Å². The van der Waals surface area contributed by atoms with E-state index in [-0.39, 0.29) is 23.6 Å². The lowest BCUT2D eigenvalue weighted by atomic mass is 10.1. The summed E-state index contributed by atoms with van der Waals surface area (Å²) in [6.07, 6.45) is 0.924. The number of carbonyl (C=O) groups is 1. The van der Waals surface area contributed by atoms with Gasteiger partial charge < -0.3 is 10.1 Å². The van der Waals surface area contributed by atoms with Crippen LogP contribution in [0.2, 0.25) is 0 Å². The monoisotopic (exact) mass is 303 g/mol. The Bertz CT molecular complexity index is 802. The Hall–Kier alpha value is -2.41. The first-order valence-corrected chi connectivity index (χ1v) is 7.21. The fourth-order valence-corrected chi connectivity index (χ4v) is 2.56. The lowest BCUT2D eigenvalue weighted by molar-refractivity contribution is -0.122. The van der Waals surface area contributed by atoms with Crippen molar-refractivity contribution in [3.8, 4) is 0 Å². The molecule has 0 aliphatic carbocycles. The maximum atomic E-state index is 12.3. The Morgan fingerprint density at radius 3 is 2.82 bits per heavy atom. The highest BCUT2D eigenvalue weighted by atomic mass is 16.5. The number of ether oxygens (including phenoxy) is 1. The van der Waals surface area contributed by atoms with Gasteiger partial charge in [0, 0.05) is 19.1 Å². The predicted octanol–water partition coefficient (Wildman–Crippen LogP) is -0.157. The van der Waals surface area contributed by atoms with Gasteiger partial charge in [-0.1, -0.05) is 12.1 Å². The molecule has 7 nitrogen and oxygen atoms in total. The van der Waals surface area contributed by atoms with Crippen molar-refractivity contribution in [1.29, 1.82) is 0 Å². The van der Waals surface area contributed by atoms with Crippen molar-refractivity contribution in [2.45, 2.75) is 13.0 Å². The molecule has 0 saturated carbocycles. The van der Waals surface area contributed by atoms with E-state index in [4.69, 9.17) is 4.74 Å². The van der Waals surface area contributed by atoms with E-state index in [9.17, 15) is 14.4 Å². The van der Waals surface area contributed by atoms with E-state index in [0.717, 1.165) is 17.7 Å². The Kier molecular flexibility index (Phi) is 4.06. The van der Waals surface area contributed by atoms with Crippen molar-refractivity contribution in [2.75, 3.05) is 19.8 Å². The minimum atomic E-state index is -0.382. The van der Waals surface area contributed by atoms with Crippen molar-refractivity contribution in [3.05, 3.63) is 45.0 Å². The number of fused-ring (bicyclic) bond motifs is 1. The van der Waals surface area contributed by atoms with Crippen LogP contribution in [0.25, 0.3) is 10.8 Å². The third-order valence-corrected chi connectivity index (χ3v) is 3.80. The van der Waals surface area contributed by atoms with E-state index in [1.807, 2.05) is 0 Å². The number of carbonyl (C=O) groups excluding carboxylic acids is 1. The van der Waals surface area contributed by atoms with Gasteiger partial charge in [0.1, 0.15) is 6.54 Å². The van der Waals surface area contributed by atoms with Crippen LogP contribution in [0.1, 0.15) is 6.42 Å². The number of nitrogens with one attached hydrogen (secondary N) is 2. The summed E-state index contributed by atoms with van der Waals surface area (Å²) in [6, 6.07) is 6.54. The number of hydrogen-bond acceptors (Lipinski definition) is 4. The smallest absolute Gasteiger partial charge is 0.273 e. The van der Waals surface area contributed by atoms with Crippen molar-refractivity contribution in [3.63, 3.8) is 0 Å². The molecule has 2 heterocycles. The predicted molar refractivity (Wildman–Crippen MR) is 80.8 cm³/mol. The molecule has 7 heteroatoms. The number of amides is 1. The van der Waals surface area contributed by atoms with Crippen LogP contribution in [0, 0.1) is 5.92 Å². The second-order valence-corrected chi connectivity index (χ2v) is 5.41. The van der Waals surface area contributed by atoms with Gasteiger partial charge in [0.05, 0.1) is 17.4 Å². The fourth-order valence-electron chi connectivity index (χ4n) is 2.56. The summed E-state index contributed by atoms with van der Waals surface area (Å²) in [6.45, 7) is 1.68. The SMILES string of the molecule is O=C(Cn1[nH]c(=O)c2ccccc2c1=O)NC[C@@H]1CCOC1. The lowest BCUT2D eigenvalue weighted by Crippen LogP contribution is -2.38. The molecule has 3 rings (SSSR count). The zero-order chi connectivity index (χ0) is 15.5. The fraction of sp³-hybridized carbons (Fsp3) is 0.400. The summed E-state index contributed by atoms with van der Waals surface area (Å²) < 4.78 is 6.28. The number of aromatic amines is 1. The molecule has 1 aromatic carbocycles. The average molecular weight is 303 g/mol. The number of nitrogens with zero attached hydrogens (tertiary/aromatic N) is 1. The summed E-state index contributed by atoms with van der Waals surface area (Å²) >= 11 is 0. The topological polar surface area (TPSA) is 93.2 Å². The molecule has 22 heavy (non-hydrogen) atoms. The largest absolute Gasteiger partial charge is 0.381 e. The van der Waals surface area contributed by atoms with Crippen LogP contribution in [-0.4, -0.2) is 35.4 Å². The van der Waals surface area contributed by atoms with Crippen LogP contribution >= 0.6 is 0 Å². The minimum Gasteiger partial charge on any atom is -0.381 e. The third kappa shape index (κ3) is 2.94. The number of rotatable bonds is 4. The highest BCUT2D eigenvalue weighted by molar-refractivity contribution is 5.81. The van der Waals surface area contributed by atoms with Crippen molar-refractivity contribution in [2.24, 2.45) is 5.92 Å². The van der Waals surface area contributed by atoms with E-state index in [1.165, 1.54) is 0 Å². The van der Waals surface area contributed by atoms with Gasteiger partial charge in [-0.25, -0.2) is 4.68 Å². The third-order valence-electron chi connectivity index (χ3n) is 3.80. The Morgan fingerprint density at radius 2 is 2.09 bits per heavy atom. The van der Waals surface area contributed by atoms with Crippen molar-refractivity contribution >= 4 is 16.7 Å². The summed E-state index contributed by atoms with van der Waals surface area (Å²) in [7, 11) is 0. The van der Waals surface area contributed by atoms with E-state index < -0.39 is 0 Å². The average Bonchev–Trinajstić information content (AvgIpc) is 3.04. The summed E-state index contributed by atoms with van der Waals surface area (Å²) in [4.78, 5) is 36.1. The normalized spacial score (nSPS) is 17.7. The molecule has 0 unspecified atom stereocenters. The molecule has 1 fully saturated rings. The summed E-state index contributed by atoms with van der Waals surface area (Å²) in [5.41, 5.74) is -0.762. The highest BCUT2D eigenvalue weighted by Gasteiger charge is 2.17. The van der Waals surface area contributed by atoms with Gasteiger partial charge in [-0.05, 0) is 18.6 Å². The van der Waals surface area contributed by atoms with Gasteiger partial charge in [-0.3, -0.25) is 19.5 Å². The van der Waals surface area contributed by atoms with Crippen molar-refractivity contribution in [1.82, 2.24) is 15.1 Å².